The van der Waals surface area contributed by atoms with E-state index < -0.39 is 0 Å². The highest BCUT2D eigenvalue weighted by Gasteiger charge is 2.20. The van der Waals surface area contributed by atoms with E-state index in [4.69, 9.17) is 23.8 Å². The van der Waals surface area contributed by atoms with Gasteiger partial charge in [0.25, 0.3) is 0 Å². The smallest absolute Gasteiger partial charge is 0.160 e. The maximum atomic E-state index is 6.40. The second-order valence-electron chi connectivity index (χ2n) is 14.7. The maximum Gasteiger partial charge on any atom is 0.160 e. The minimum atomic E-state index is 0.665. The Morgan fingerprint density at radius 1 is 0.310 bits per heavy atom. The molecule has 4 heterocycles. The highest BCUT2D eigenvalue weighted by atomic mass is 16.3. The molecule has 4 aromatic heterocycles. The Kier molecular flexibility index (Phi) is 7.16. The van der Waals surface area contributed by atoms with E-state index in [1.165, 1.54) is 0 Å². The van der Waals surface area contributed by atoms with Gasteiger partial charge < -0.3 is 8.83 Å². The average Bonchev–Trinajstić information content (AvgIpc) is 3.88. The molecular weight excluding hydrogens is 711 g/mol. The van der Waals surface area contributed by atoms with E-state index >= 15 is 0 Å². The van der Waals surface area contributed by atoms with E-state index in [1.807, 2.05) is 66.7 Å². The summed E-state index contributed by atoms with van der Waals surface area (Å²) in [6.45, 7) is 0. The summed E-state index contributed by atoms with van der Waals surface area (Å²) in [5, 5.41) is 7.64. The van der Waals surface area contributed by atoms with Crippen molar-refractivity contribution < 1.29 is 8.83 Å². The van der Waals surface area contributed by atoms with Crippen molar-refractivity contribution in [1.82, 2.24) is 15.0 Å². The van der Waals surface area contributed by atoms with Crippen LogP contribution < -0.4 is 0 Å². The number of para-hydroxylation sites is 3. The Morgan fingerprint density at radius 3 is 1.64 bits per heavy atom. The Hall–Kier alpha value is -7.89. The fraction of sp³-hybridized carbons (Fsp3) is 0. The molecule has 0 fully saturated rings. The summed E-state index contributed by atoms with van der Waals surface area (Å²) in [5.74, 6) is 0.665. The van der Waals surface area contributed by atoms with Gasteiger partial charge in [0.1, 0.15) is 22.3 Å². The molecule has 5 heteroatoms. The van der Waals surface area contributed by atoms with Crippen LogP contribution in [0.25, 0.3) is 122 Å². The number of aromatic nitrogens is 3. The first-order chi connectivity index (χ1) is 28.7. The largest absolute Gasteiger partial charge is 0.456 e. The number of hydrogen-bond donors (Lipinski definition) is 0. The van der Waals surface area contributed by atoms with E-state index in [0.717, 1.165) is 116 Å². The SMILES string of the molecule is c1ccc(-c2nc(-c3ccc(-c4cccc5c4nc(-c4ccccc4)c4ccc6oc7ccccc7c6c45)cc3)cc(-c3cccc4oc5ccccc5c34)n2)cc1. The number of fused-ring (bicyclic) bond motifs is 10. The Balaban J connectivity index is 1.05. The van der Waals surface area contributed by atoms with Crippen molar-refractivity contribution >= 4 is 65.6 Å². The lowest BCUT2D eigenvalue weighted by Gasteiger charge is -2.14. The molecule has 0 aliphatic rings. The van der Waals surface area contributed by atoms with Crippen molar-refractivity contribution in [1.29, 1.82) is 0 Å². The quantitative estimate of drug-likeness (QED) is 0.164. The highest BCUT2D eigenvalue weighted by Crippen LogP contribution is 2.44. The predicted molar refractivity (Wildman–Crippen MR) is 237 cm³/mol. The minimum absolute atomic E-state index is 0.665. The van der Waals surface area contributed by atoms with Crippen molar-refractivity contribution in [3.63, 3.8) is 0 Å². The number of furan rings is 2. The standard InChI is InChI=1S/C53H31N3O2/c1-3-13-34(14-4-1)51-41-29-30-47-50(39-18-8-10-23-45(39)58-47)49(41)40-21-11-19-36(52(40)56-51)32-25-27-33(28-26-32)42-31-43(55-53(54-42)35-15-5-2-6-16-35)37-20-12-24-46-48(37)38-17-7-9-22-44(38)57-46/h1-31H. The Bertz CT molecular complexity index is 3550. The van der Waals surface area contributed by atoms with E-state index in [2.05, 4.69) is 121 Å². The van der Waals surface area contributed by atoms with Crippen molar-refractivity contribution in [3.05, 3.63) is 188 Å². The first-order valence-electron chi connectivity index (χ1n) is 19.4. The molecule has 0 saturated heterocycles. The second kappa shape index (κ2) is 12.8. The van der Waals surface area contributed by atoms with Crippen LogP contribution in [0.3, 0.4) is 0 Å². The molecule has 58 heavy (non-hydrogen) atoms. The molecule has 0 amide bonds. The lowest BCUT2D eigenvalue weighted by Crippen LogP contribution is -1.96. The summed E-state index contributed by atoms with van der Waals surface area (Å²) < 4.78 is 12.7. The number of pyridine rings is 1. The zero-order valence-corrected chi connectivity index (χ0v) is 31.1. The highest BCUT2D eigenvalue weighted by molar-refractivity contribution is 6.29. The van der Waals surface area contributed by atoms with Gasteiger partial charge in [0.2, 0.25) is 0 Å². The zero-order chi connectivity index (χ0) is 38.2. The fourth-order valence-corrected chi connectivity index (χ4v) is 8.64. The molecule has 5 nitrogen and oxygen atoms in total. The number of nitrogens with zero attached hydrogens (tertiary/aromatic N) is 3. The van der Waals surface area contributed by atoms with Crippen LogP contribution in [-0.4, -0.2) is 15.0 Å². The van der Waals surface area contributed by atoms with Gasteiger partial charge >= 0.3 is 0 Å². The third-order valence-electron chi connectivity index (χ3n) is 11.3. The molecule has 0 aliphatic heterocycles. The fourth-order valence-electron chi connectivity index (χ4n) is 8.64. The van der Waals surface area contributed by atoms with Crippen LogP contribution in [0.2, 0.25) is 0 Å². The van der Waals surface area contributed by atoms with Crippen molar-refractivity contribution in [3.8, 4) is 56.3 Å². The van der Waals surface area contributed by atoms with Crippen molar-refractivity contribution in [2.45, 2.75) is 0 Å². The van der Waals surface area contributed by atoms with E-state index in [1.54, 1.807) is 0 Å². The van der Waals surface area contributed by atoms with Crippen LogP contribution in [-0.2, 0) is 0 Å². The molecule has 12 aromatic rings. The van der Waals surface area contributed by atoms with Gasteiger partial charge in [-0.15, -0.1) is 0 Å². The molecule has 0 radical (unpaired) electrons. The van der Waals surface area contributed by atoms with Crippen LogP contribution in [0, 0.1) is 0 Å². The van der Waals surface area contributed by atoms with Crippen LogP contribution in [0.1, 0.15) is 0 Å². The van der Waals surface area contributed by atoms with Gasteiger partial charge in [0.05, 0.1) is 22.6 Å². The number of rotatable bonds is 5. The summed E-state index contributed by atoms with van der Waals surface area (Å²) in [7, 11) is 0. The molecule has 0 unspecified atom stereocenters. The van der Waals surface area contributed by atoms with Gasteiger partial charge in [-0.3, -0.25) is 0 Å². The first-order valence-corrected chi connectivity index (χ1v) is 19.4. The normalized spacial score (nSPS) is 11.8. The Morgan fingerprint density at radius 2 is 0.879 bits per heavy atom. The number of benzene rings is 8. The lowest BCUT2D eigenvalue weighted by atomic mass is 9.93. The van der Waals surface area contributed by atoms with E-state index in [-0.39, 0.29) is 0 Å². The van der Waals surface area contributed by atoms with Crippen LogP contribution in [0.15, 0.2) is 197 Å². The summed E-state index contributed by atoms with van der Waals surface area (Å²) in [6.07, 6.45) is 0. The molecule has 0 saturated carbocycles. The van der Waals surface area contributed by atoms with Gasteiger partial charge in [0.15, 0.2) is 5.82 Å². The number of hydrogen-bond acceptors (Lipinski definition) is 5. The van der Waals surface area contributed by atoms with E-state index in [9.17, 15) is 0 Å². The van der Waals surface area contributed by atoms with Crippen molar-refractivity contribution in [2.24, 2.45) is 0 Å². The summed E-state index contributed by atoms with van der Waals surface area (Å²) in [6, 6.07) is 64.8. The average molecular weight is 742 g/mol. The second-order valence-corrected chi connectivity index (χ2v) is 14.7. The van der Waals surface area contributed by atoms with Crippen LogP contribution >= 0.6 is 0 Å². The molecule has 0 atom stereocenters. The molecule has 270 valence electrons. The third-order valence-corrected chi connectivity index (χ3v) is 11.3. The van der Waals surface area contributed by atoms with Crippen LogP contribution in [0.4, 0.5) is 0 Å². The molecule has 0 N–H and O–H groups in total. The molecule has 8 aromatic carbocycles. The first kappa shape index (κ1) is 32.4. The van der Waals surface area contributed by atoms with Crippen molar-refractivity contribution in [2.75, 3.05) is 0 Å². The predicted octanol–water partition coefficient (Wildman–Crippen LogP) is 14.3. The zero-order valence-electron chi connectivity index (χ0n) is 31.1. The Labute approximate surface area is 332 Å². The summed E-state index contributed by atoms with van der Waals surface area (Å²) in [5.41, 5.74) is 13.1. The molecule has 0 aliphatic carbocycles. The molecule has 0 spiro atoms. The molecular formula is C53H31N3O2. The summed E-state index contributed by atoms with van der Waals surface area (Å²) >= 11 is 0. The monoisotopic (exact) mass is 741 g/mol. The maximum absolute atomic E-state index is 6.40. The van der Waals surface area contributed by atoms with Gasteiger partial charge in [-0.2, -0.15) is 0 Å². The summed E-state index contributed by atoms with van der Waals surface area (Å²) in [4.78, 5) is 15.8. The molecule has 0 bridgehead atoms. The van der Waals surface area contributed by atoms with Gasteiger partial charge in [-0.1, -0.05) is 152 Å². The van der Waals surface area contributed by atoms with Gasteiger partial charge in [0, 0.05) is 65.5 Å². The van der Waals surface area contributed by atoms with Gasteiger partial charge in [-0.25, -0.2) is 15.0 Å². The van der Waals surface area contributed by atoms with E-state index in [0.29, 0.717) is 5.82 Å². The lowest BCUT2D eigenvalue weighted by molar-refractivity contribution is 0.668. The third kappa shape index (κ3) is 5.07. The minimum Gasteiger partial charge on any atom is -0.456 e. The van der Waals surface area contributed by atoms with Gasteiger partial charge in [-0.05, 0) is 42.0 Å². The van der Waals surface area contributed by atoms with Crippen LogP contribution in [0.5, 0.6) is 0 Å². The topological polar surface area (TPSA) is 65.0 Å². The molecule has 12 rings (SSSR count).